The molecule has 1 aromatic carbocycles. The average molecular weight is 410 g/mol. The maximum Gasteiger partial charge on any atom is 0.322 e. The monoisotopic (exact) mass is 410 g/mol. The van der Waals surface area contributed by atoms with E-state index in [1.54, 1.807) is 13.8 Å². The van der Waals surface area contributed by atoms with Crippen molar-refractivity contribution in [1.82, 2.24) is 9.46 Å². The predicted molar refractivity (Wildman–Crippen MR) is 97.3 cm³/mol. The Kier molecular flexibility index (Phi) is 5.73. The highest BCUT2D eigenvalue weighted by atomic mass is 32.2. The second-order valence-corrected chi connectivity index (χ2v) is 8.60. The Morgan fingerprint density at radius 2 is 2.00 bits per heavy atom. The third kappa shape index (κ3) is 4.03. The number of hydrogen-bond donors (Lipinski definition) is 2. The van der Waals surface area contributed by atoms with Crippen molar-refractivity contribution in [1.29, 1.82) is 0 Å². The third-order valence-electron chi connectivity index (χ3n) is 4.81. The predicted octanol–water partition coefficient (Wildman–Crippen LogP) is 1.47. The van der Waals surface area contributed by atoms with Crippen molar-refractivity contribution in [3.63, 3.8) is 0 Å². The van der Waals surface area contributed by atoms with E-state index in [9.17, 15) is 23.4 Å². The number of aliphatic carboxylic acids is 1. The smallest absolute Gasteiger partial charge is 0.322 e. The summed E-state index contributed by atoms with van der Waals surface area (Å²) in [7, 11) is -4.01. The normalized spacial score (nSPS) is 20.8. The molecule has 2 atom stereocenters. The number of aryl methyl sites for hydroxylation is 2. The number of nitrogens with zero attached hydrogens (tertiary/aromatic N) is 2. The Morgan fingerprint density at radius 1 is 1.32 bits per heavy atom. The van der Waals surface area contributed by atoms with E-state index in [0.29, 0.717) is 11.5 Å². The van der Waals surface area contributed by atoms with Gasteiger partial charge in [0.05, 0.1) is 22.3 Å². The number of rotatable bonds is 6. The van der Waals surface area contributed by atoms with Gasteiger partial charge in [0, 0.05) is 13.0 Å². The van der Waals surface area contributed by atoms with Crippen molar-refractivity contribution in [2.24, 2.45) is 0 Å². The molecule has 0 radical (unpaired) electrons. The van der Waals surface area contributed by atoms with Gasteiger partial charge in [0.2, 0.25) is 10.0 Å². The van der Waals surface area contributed by atoms with Gasteiger partial charge in [0.15, 0.2) is 0 Å². The number of carbonyl (C=O) groups is 1. The summed E-state index contributed by atoms with van der Waals surface area (Å²) in [5.74, 6) is -0.159. The van der Waals surface area contributed by atoms with Crippen molar-refractivity contribution < 1.29 is 32.7 Å². The number of ether oxygens (including phenoxy) is 1. The van der Waals surface area contributed by atoms with E-state index in [2.05, 4.69) is 5.16 Å². The van der Waals surface area contributed by atoms with Crippen LogP contribution in [0.4, 0.5) is 0 Å². The van der Waals surface area contributed by atoms with E-state index in [0.717, 1.165) is 15.6 Å². The van der Waals surface area contributed by atoms with Crippen LogP contribution in [-0.4, -0.2) is 52.8 Å². The van der Waals surface area contributed by atoms with Gasteiger partial charge in [-0.05, 0) is 44.5 Å². The number of aliphatic hydroxyl groups is 1. The number of carboxylic acids is 1. The maximum absolute atomic E-state index is 12.9. The van der Waals surface area contributed by atoms with Crippen LogP contribution in [0.5, 0.6) is 5.75 Å². The molecule has 1 aliphatic heterocycles. The van der Waals surface area contributed by atoms with Gasteiger partial charge >= 0.3 is 5.97 Å². The van der Waals surface area contributed by atoms with E-state index >= 15 is 0 Å². The van der Waals surface area contributed by atoms with Crippen LogP contribution in [0.1, 0.15) is 29.9 Å². The van der Waals surface area contributed by atoms with Crippen molar-refractivity contribution in [3.05, 3.63) is 41.3 Å². The molecule has 2 unspecified atom stereocenters. The summed E-state index contributed by atoms with van der Waals surface area (Å²) in [6, 6.07) is 4.49. The Bertz CT molecular complexity index is 933. The first kappa shape index (κ1) is 20.3. The SMILES string of the molecule is Cc1noc(C)c1COc1ccc(S(=O)(=O)N2CCC(O)CC2C(=O)O)cc1. The fourth-order valence-electron chi connectivity index (χ4n) is 3.14. The molecule has 0 spiro atoms. The largest absolute Gasteiger partial charge is 0.489 e. The maximum atomic E-state index is 12.9. The van der Waals surface area contributed by atoms with Gasteiger partial charge in [0.1, 0.15) is 24.2 Å². The van der Waals surface area contributed by atoms with Crippen LogP contribution in [0.15, 0.2) is 33.7 Å². The summed E-state index contributed by atoms with van der Waals surface area (Å²) in [6.45, 7) is 3.77. The highest BCUT2D eigenvalue weighted by molar-refractivity contribution is 7.89. The summed E-state index contributed by atoms with van der Waals surface area (Å²) in [4.78, 5) is 11.4. The van der Waals surface area contributed by atoms with E-state index in [4.69, 9.17) is 9.26 Å². The van der Waals surface area contributed by atoms with Gasteiger partial charge < -0.3 is 19.5 Å². The summed E-state index contributed by atoms with van der Waals surface area (Å²) >= 11 is 0. The van der Waals surface area contributed by atoms with Gasteiger partial charge in [-0.15, -0.1) is 0 Å². The molecule has 0 amide bonds. The number of aromatic nitrogens is 1. The van der Waals surface area contributed by atoms with Crippen LogP contribution in [0.25, 0.3) is 0 Å². The molecule has 1 saturated heterocycles. The lowest BCUT2D eigenvalue weighted by atomic mass is 10.0. The minimum Gasteiger partial charge on any atom is -0.489 e. The lowest BCUT2D eigenvalue weighted by Gasteiger charge is -2.34. The summed E-state index contributed by atoms with van der Waals surface area (Å²) < 4.78 is 37.4. The number of piperidine rings is 1. The topological polar surface area (TPSA) is 130 Å². The van der Waals surface area contributed by atoms with Gasteiger partial charge in [-0.3, -0.25) is 4.79 Å². The lowest BCUT2D eigenvalue weighted by molar-refractivity contribution is -0.143. The molecule has 0 bridgehead atoms. The molecule has 3 rings (SSSR count). The van der Waals surface area contributed by atoms with E-state index in [1.807, 2.05) is 0 Å². The molecule has 1 fully saturated rings. The number of aliphatic hydroxyl groups excluding tert-OH is 1. The molecule has 1 aliphatic rings. The average Bonchev–Trinajstić information content (AvgIpc) is 2.98. The first-order chi connectivity index (χ1) is 13.2. The Balaban J connectivity index is 1.75. The molecule has 28 heavy (non-hydrogen) atoms. The second kappa shape index (κ2) is 7.90. The molecule has 10 heteroatoms. The molecule has 2 N–H and O–H groups in total. The van der Waals surface area contributed by atoms with Gasteiger partial charge in [-0.2, -0.15) is 4.31 Å². The lowest BCUT2D eigenvalue weighted by Crippen LogP contribution is -2.51. The summed E-state index contributed by atoms with van der Waals surface area (Å²) in [6.07, 6.45) is -0.762. The fourth-order valence-corrected chi connectivity index (χ4v) is 4.75. The first-order valence-electron chi connectivity index (χ1n) is 8.77. The van der Waals surface area contributed by atoms with Crippen molar-refractivity contribution >= 4 is 16.0 Å². The van der Waals surface area contributed by atoms with Crippen molar-refractivity contribution in [3.8, 4) is 5.75 Å². The van der Waals surface area contributed by atoms with Gasteiger partial charge in [0.25, 0.3) is 0 Å². The van der Waals surface area contributed by atoms with Crippen LogP contribution in [0.3, 0.4) is 0 Å². The molecule has 9 nitrogen and oxygen atoms in total. The van der Waals surface area contributed by atoms with E-state index in [-0.39, 0.29) is 30.9 Å². The molecule has 0 aliphatic carbocycles. The molecular weight excluding hydrogens is 388 g/mol. The van der Waals surface area contributed by atoms with Crippen molar-refractivity contribution in [2.75, 3.05) is 6.54 Å². The quantitative estimate of drug-likeness (QED) is 0.732. The fraction of sp³-hybridized carbons (Fsp3) is 0.444. The van der Waals surface area contributed by atoms with Crippen LogP contribution in [0.2, 0.25) is 0 Å². The number of sulfonamides is 1. The third-order valence-corrected chi connectivity index (χ3v) is 6.73. The summed E-state index contributed by atoms with van der Waals surface area (Å²) in [5.41, 5.74) is 1.55. The first-order valence-corrected chi connectivity index (χ1v) is 10.2. The molecular formula is C18H22N2O7S. The summed E-state index contributed by atoms with van der Waals surface area (Å²) in [5, 5.41) is 22.9. The highest BCUT2D eigenvalue weighted by Crippen LogP contribution is 2.27. The molecule has 2 heterocycles. The Hall–Kier alpha value is -2.43. The second-order valence-electron chi connectivity index (χ2n) is 6.71. The highest BCUT2D eigenvalue weighted by Gasteiger charge is 2.40. The molecule has 0 saturated carbocycles. The van der Waals surface area contributed by atoms with Crippen LogP contribution >= 0.6 is 0 Å². The number of hydrogen-bond acceptors (Lipinski definition) is 7. The van der Waals surface area contributed by atoms with Gasteiger partial charge in [-0.25, -0.2) is 8.42 Å². The van der Waals surface area contributed by atoms with E-state index in [1.165, 1.54) is 24.3 Å². The Labute approximate surface area is 162 Å². The number of carboxylic acid groups (broad SMARTS) is 1. The van der Waals surface area contributed by atoms with Crippen LogP contribution in [-0.2, 0) is 21.4 Å². The zero-order valence-electron chi connectivity index (χ0n) is 15.5. The minimum atomic E-state index is -4.01. The van der Waals surface area contributed by atoms with Crippen molar-refractivity contribution in [2.45, 2.75) is 50.3 Å². The molecule has 1 aromatic heterocycles. The molecule has 2 aromatic rings. The number of benzene rings is 1. The van der Waals surface area contributed by atoms with Crippen LogP contribution in [0, 0.1) is 13.8 Å². The molecule has 152 valence electrons. The van der Waals surface area contributed by atoms with E-state index < -0.39 is 28.1 Å². The Morgan fingerprint density at radius 3 is 2.57 bits per heavy atom. The zero-order valence-corrected chi connectivity index (χ0v) is 16.3. The standard InChI is InChI=1S/C18H22N2O7S/c1-11-16(12(2)27-19-11)10-26-14-3-5-15(6-4-14)28(24,25)20-8-7-13(21)9-17(20)18(22)23/h3-6,13,17,21H,7-10H2,1-2H3,(H,22,23). The minimum absolute atomic E-state index is 0.0279. The zero-order chi connectivity index (χ0) is 20.5. The van der Waals surface area contributed by atoms with Gasteiger partial charge in [-0.1, -0.05) is 5.16 Å². The van der Waals surface area contributed by atoms with Crippen LogP contribution < -0.4 is 4.74 Å².